The van der Waals surface area contributed by atoms with Gasteiger partial charge in [-0.3, -0.25) is 4.79 Å². The summed E-state index contributed by atoms with van der Waals surface area (Å²) in [5, 5.41) is 11.8. The van der Waals surface area contributed by atoms with E-state index >= 15 is 0 Å². The molecule has 0 radical (unpaired) electrons. The number of fused-ring (bicyclic) bond motifs is 1. The smallest absolute Gasteiger partial charge is 0.507 e. The molecular weight excluding hydrogens is 576 g/mol. The molecule has 0 spiro atoms. The van der Waals surface area contributed by atoms with Crippen LogP contribution in [0, 0.1) is 0 Å². The van der Waals surface area contributed by atoms with Crippen LogP contribution in [0.5, 0.6) is 11.5 Å². The summed E-state index contributed by atoms with van der Waals surface area (Å²) in [6, 6.07) is 9.43. The molecule has 4 rings (SSSR count). The van der Waals surface area contributed by atoms with Crippen LogP contribution >= 0.6 is 11.6 Å². The Morgan fingerprint density at radius 1 is 1.21 bits per heavy atom. The molecule has 11 heteroatoms. The number of phenols is 1. The van der Waals surface area contributed by atoms with Gasteiger partial charge in [-0.05, 0) is 59.3 Å². The summed E-state index contributed by atoms with van der Waals surface area (Å²) < 4.78 is 23.2. The lowest BCUT2D eigenvalue weighted by atomic mass is 9.85. The number of nitrogens with zero attached hydrogens (tertiary/aromatic N) is 2. The van der Waals surface area contributed by atoms with E-state index in [4.69, 9.17) is 30.2 Å². The molecule has 10 nitrogen and oxygen atoms in total. The molecule has 1 amide bonds. The van der Waals surface area contributed by atoms with Crippen molar-refractivity contribution in [3.63, 3.8) is 0 Å². The van der Waals surface area contributed by atoms with E-state index in [-0.39, 0.29) is 33.8 Å². The fourth-order valence-electron chi connectivity index (χ4n) is 5.12. The number of halogens is 1. The predicted molar refractivity (Wildman–Crippen MR) is 164 cm³/mol. The zero-order valence-electron chi connectivity index (χ0n) is 25.4. The van der Waals surface area contributed by atoms with E-state index in [1.165, 1.54) is 17.0 Å². The maximum Gasteiger partial charge on any atom is 0.509 e. The first-order valence-corrected chi connectivity index (χ1v) is 14.8. The quantitative estimate of drug-likeness (QED) is 0.287. The van der Waals surface area contributed by atoms with Crippen molar-refractivity contribution in [2.45, 2.75) is 64.6 Å². The number of rotatable bonds is 7. The van der Waals surface area contributed by atoms with Crippen molar-refractivity contribution in [1.29, 1.82) is 0 Å². The molecule has 0 saturated carbocycles. The van der Waals surface area contributed by atoms with E-state index in [9.17, 15) is 19.5 Å². The lowest BCUT2D eigenvalue weighted by Gasteiger charge is -2.37. The number of unbranched alkanes of at least 4 members (excludes halogenated alkanes) is 1. The van der Waals surface area contributed by atoms with E-state index < -0.39 is 35.3 Å². The molecular formula is C32H39ClN2O8. The highest BCUT2D eigenvalue weighted by Crippen LogP contribution is 2.44. The third-order valence-electron chi connectivity index (χ3n) is 7.25. The Morgan fingerprint density at radius 2 is 1.93 bits per heavy atom. The standard InChI is InChI=1S/C32H39ClN2O8/c1-7-8-14-35(6)30(38)41-25-17-22(36)27(20-13-15-34(5)18-26(20)42-31(39)43-32(2,3)4)29-28(25)23(37)16-24(40-29)19-11-9-10-12-21(19)33/h9-12,16-17,20,26,36H,7-8,13-15,18H2,1-6H3/t20-,26+/m0/s1. The van der Waals surface area contributed by atoms with Gasteiger partial charge in [-0.15, -0.1) is 0 Å². The molecule has 2 aromatic carbocycles. The van der Waals surface area contributed by atoms with Crippen LogP contribution in [-0.2, 0) is 9.47 Å². The maximum absolute atomic E-state index is 13.7. The molecule has 1 fully saturated rings. The van der Waals surface area contributed by atoms with Gasteiger partial charge in [-0.25, -0.2) is 9.59 Å². The second kappa shape index (κ2) is 13.3. The van der Waals surface area contributed by atoms with Crippen LogP contribution in [-0.4, -0.2) is 72.6 Å². The highest BCUT2D eigenvalue weighted by atomic mass is 35.5. The molecule has 0 unspecified atom stereocenters. The van der Waals surface area contributed by atoms with Crippen molar-refractivity contribution in [2.75, 3.05) is 33.7 Å². The van der Waals surface area contributed by atoms with Crippen LogP contribution in [0.1, 0.15) is 58.4 Å². The van der Waals surface area contributed by atoms with Crippen molar-refractivity contribution in [3.05, 3.63) is 57.2 Å². The number of ether oxygens (including phenoxy) is 3. The number of amides is 1. The van der Waals surface area contributed by atoms with Crippen molar-refractivity contribution >= 4 is 34.8 Å². The van der Waals surface area contributed by atoms with E-state index in [1.54, 1.807) is 52.1 Å². The molecule has 43 heavy (non-hydrogen) atoms. The van der Waals surface area contributed by atoms with Gasteiger partial charge in [0, 0.05) is 49.3 Å². The van der Waals surface area contributed by atoms with Gasteiger partial charge >= 0.3 is 12.2 Å². The van der Waals surface area contributed by atoms with Gasteiger partial charge in [0.25, 0.3) is 0 Å². The lowest BCUT2D eigenvalue weighted by molar-refractivity contribution is -0.0461. The summed E-state index contributed by atoms with van der Waals surface area (Å²) >= 11 is 6.44. The maximum atomic E-state index is 13.7. The van der Waals surface area contributed by atoms with Crippen LogP contribution in [0.4, 0.5) is 9.59 Å². The first-order chi connectivity index (χ1) is 20.3. The van der Waals surface area contributed by atoms with E-state index in [1.807, 2.05) is 18.9 Å². The molecule has 1 N–H and O–H groups in total. The number of carbonyl (C=O) groups excluding carboxylic acids is 2. The van der Waals surface area contributed by atoms with Crippen molar-refractivity contribution < 1.29 is 33.3 Å². The minimum absolute atomic E-state index is 0.0178. The van der Waals surface area contributed by atoms with E-state index in [0.29, 0.717) is 36.6 Å². The van der Waals surface area contributed by atoms with Crippen LogP contribution in [0.15, 0.2) is 45.6 Å². The summed E-state index contributed by atoms with van der Waals surface area (Å²) in [5.41, 5.74) is -0.501. The van der Waals surface area contributed by atoms with Crippen LogP contribution < -0.4 is 10.2 Å². The highest BCUT2D eigenvalue weighted by Gasteiger charge is 2.38. The Balaban J connectivity index is 1.89. The number of hydrogen-bond donors (Lipinski definition) is 1. The van der Waals surface area contributed by atoms with Crippen LogP contribution in [0.3, 0.4) is 0 Å². The lowest BCUT2D eigenvalue weighted by Crippen LogP contribution is -2.44. The summed E-state index contributed by atoms with van der Waals surface area (Å²) in [6.45, 7) is 8.65. The molecule has 2 heterocycles. The number of carbonyl (C=O) groups is 2. The molecule has 0 aliphatic carbocycles. The average molecular weight is 615 g/mol. The van der Waals surface area contributed by atoms with Gasteiger partial charge in [-0.1, -0.05) is 37.1 Å². The minimum Gasteiger partial charge on any atom is -0.507 e. The summed E-state index contributed by atoms with van der Waals surface area (Å²) in [7, 11) is 3.50. The number of likely N-dealkylation sites (tertiary alicyclic amines) is 1. The van der Waals surface area contributed by atoms with Gasteiger partial charge in [0.1, 0.15) is 34.2 Å². The van der Waals surface area contributed by atoms with Gasteiger partial charge in [0.2, 0.25) is 0 Å². The number of benzene rings is 2. The highest BCUT2D eigenvalue weighted by molar-refractivity contribution is 6.33. The second-order valence-electron chi connectivity index (χ2n) is 11.9. The van der Waals surface area contributed by atoms with Crippen molar-refractivity contribution in [1.82, 2.24) is 9.80 Å². The van der Waals surface area contributed by atoms with E-state index in [2.05, 4.69) is 0 Å². The summed E-state index contributed by atoms with van der Waals surface area (Å²) in [6.07, 6.45) is -0.151. The van der Waals surface area contributed by atoms with Crippen LogP contribution in [0.2, 0.25) is 5.02 Å². The molecule has 1 aliphatic heterocycles. The van der Waals surface area contributed by atoms with Gasteiger partial charge < -0.3 is 33.5 Å². The third-order valence-corrected chi connectivity index (χ3v) is 7.58. The first kappa shape index (κ1) is 32.2. The number of aromatic hydroxyl groups is 1. The van der Waals surface area contributed by atoms with Gasteiger partial charge in [-0.2, -0.15) is 0 Å². The number of hydrogen-bond acceptors (Lipinski definition) is 9. The number of piperidine rings is 1. The van der Waals surface area contributed by atoms with Gasteiger partial charge in [0.05, 0.1) is 5.02 Å². The average Bonchev–Trinajstić information content (AvgIpc) is 2.91. The topological polar surface area (TPSA) is 119 Å². The molecule has 3 aromatic rings. The Bertz CT molecular complexity index is 1550. The predicted octanol–water partition coefficient (Wildman–Crippen LogP) is 6.79. The zero-order chi connectivity index (χ0) is 31.5. The Hall–Kier alpha value is -3.76. The molecule has 1 aromatic heterocycles. The minimum atomic E-state index is -0.847. The van der Waals surface area contributed by atoms with Gasteiger partial charge in [0.15, 0.2) is 11.2 Å². The molecule has 1 saturated heterocycles. The first-order valence-electron chi connectivity index (χ1n) is 14.4. The monoisotopic (exact) mass is 614 g/mol. The number of likely N-dealkylation sites (N-methyl/N-ethyl adjacent to an activating group) is 1. The van der Waals surface area contributed by atoms with Crippen LogP contribution in [0.25, 0.3) is 22.3 Å². The summed E-state index contributed by atoms with van der Waals surface area (Å²) in [4.78, 5) is 42.8. The molecule has 1 aliphatic rings. The number of phenolic OH excluding ortho intramolecular Hbond substituents is 1. The SMILES string of the molecule is CCCCN(C)C(=O)Oc1cc(O)c([C@H]2CCN(C)C[C@H]2OC(=O)OC(C)(C)C)c2oc(-c3ccccc3Cl)cc(=O)c12. The third kappa shape index (κ3) is 7.61. The molecule has 232 valence electrons. The fraction of sp³-hybridized carbons (Fsp3) is 0.469. The largest absolute Gasteiger partial charge is 0.509 e. The Morgan fingerprint density at radius 3 is 2.60 bits per heavy atom. The normalized spacial score (nSPS) is 17.5. The summed E-state index contributed by atoms with van der Waals surface area (Å²) in [5.74, 6) is -0.808. The zero-order valence-corrected chi connectivity index (χ0v) is 26.2. The van der Waals surface area contributed by atoms with Crippen molar-refractivity contribution in [2.24, 2.45) is 0 Å². The Kier molecular flexibility index (Phi) is 9.92. The van der Waals surface area contributed by atoms with E-state index in [0.717, 1.165) is 12.8 Å². The van der Waals surface area contributed by atoms with Crippen molar-refractivity contribution in [3.8, 4) is 22.8 Å². The molecule has 0 bridgehead atoms. The Labute approximate surface area is 256 Å². The fourth-order valence-corrected chi connectivity index (χ4v) is 5.35. The second-order valence-corrected chi connectivity index (χ2v) is 12.3. The molecule has 2 atom stereocenters.